The van der Waals surface area contributed by atoms with Crippen molar-refractivity contribution in [3.05, 3.63) is 38.4 Å². The van der Waals surface area contributed by atoms with E-state index in [9.17, 15) is 18.9 Å². The van der Waals surface area contributed by atoms with E-state index in [0.717, 1.165) is 12.1 Å². The lowest BCUT2D eigenvalue weighted by atomic mass is 10.3. The topological polar surface area (TPSA) is 43.1 Å². The molecule has 0 unspecified atom stereocenters. The minimum Gasteiger partial charge on any atom is -0.258 e. The van der Waals surface area contributed by atoms with Crippen LogP contribution in [0.5, 0.6) is 0 Å². The quantitative estimate of drug-likeness (QED) is 0.443. The number of hydrogen-bond acceptors (Lipinski definition) is 2. The van der Waals surface area contributed by atoms with Crippen LogP contribution in [-0.2, 0) is 0 Å². The summed E-state index contributed by atoms with van der Waals surface area (Å²) in [5.41, 5.74) is -0.873. The fourth-order valence-corrected chi connectivity index (χ4v) is 1.09. The van der Waals surface area contributed by atoms with Gasteiger partial charge in [0.25, 0.3) is 0 Å². The minimum atomic E-state index is -1.44. The largest absolute Gasteiger partial charge is 0.308 e. The molecule has 0 saturated heterocycles. The molecule has 6 heteroatoms. The Morgan fingerprint density at radius 3 is 2.29 bits per heavy atom. The van der Waals surface area contributed by atoms with E-state index >= 15 is 0 Å². The Balaban J connectivity index is 0.000000791. The Bertz CT molecular complexity index is 344. The Hall–Kier alpha value is -1.04. The monoisotopic (exact) mass is 267 g/mol. The van der Waals surface area contributed by atoms with Crippen LogP contribution in [0.15, 0.2) is 16.6 Å². The van der Waals surface area contributed by atoms with Crippen LogP contribution in [0.1, 0.15) is 13.8 Å². The van der Waals surface area contributed by atoms with E-state index in [1.165, 1.54) is 0 Å². The van der Waals surface area contributed by atoms with Crippen molar-refractivity contribution < 1.29 is 13.7 Å². The van der Waals surface area contributed by atoms with Crippen molar-refractivity contribution in [2.24, 2.45) is 0 Å². The maximum absolute atomic E-state index is 12.6. The van der Waals surface area contributed by atoms with Crippen LogP contribution >= 0.6 is 15.9 Å². The maximum atomic E-state index is 12.6. The van der Waals surface area contributed by atoms with Crippen LogP contribution in [0, 0.1) is 21.7 Å². The summed E-state index contributed by atoms with van der Waals surface area (Å²) in [6.07, 6.45) is 0. The molecule has 0 bridgehead atoms. The molecule has 0 fully saturated rings. The molecule has 1 rings (SSSR count). The van der Waals surface area contributed by atoms with Crippen molar-refractivity contribution in [2.75, 3.05) is 0 Å². The van der Waals surface area contributed by atoms with Gasteiger partial charge in [-0.25, -0.2) is 4.39 Å². The first-order valence-corrected chi connectivity index (χ1v) is 4.60. The number of halogens is 3. The number of nitro benzene ring substituents is 1. The molecule has 0 amide bonds. The second-order valence-corrected chi connectivity index (χ2v) is 2.89. The third-order valence-corrected chi connectivity index (χ3v) is 1.63. The fourth-order valence-electron chi connectivity index (χ4n) is 0.675. The Morgan fingerprint density at radius 1 is 1.36 bits per heavy atom. The highest BCUT2D eigenvalue weighted by Gasteiger charge is 2.18. The molecule has 0 heterocycles. The minimum absolute atomic E-state index is 0.133. The summed E-state index contributed by atoms with van der Waals surface area (Å²) in [6, 6.07) is 1.72. The average molecular weight is 268 g/mol. The lowest BCUT2D eigenvalue weighted by Crippen LogP contribution is -1.95. The molecule has 1 aromatic carbocycles. The van der Waals surface area contributed by atoms with Crippen LogP contribution in [0.2, 0.25) is 0 Å². The Labute approximate surface area is 88.0 Å². The van der Waals surface area contributed by atoms with Gasteiger partial charge in [0, 0.05) is 10.5 Å². The summed E-state index contributed by atoms with van der Waals surface area (Å²) in [7, 11) is 0. The van der Waals surface area contributed by atoms with Crippen molar-refractivity contribution in [2.45, 2.75) is 13.8 Å². The number of rotatable bonds is 1. The molecule has 0 atom stereocenters. The molecule has 0 aliphatic heterocycles. The summed E-state index contributed by atoms with van der Waals surface area (Å²) in [4.78, 5) is 9.12. The number of benzene rings is 1. The standard InChI is InChI=1S/C6H2BrF2NO2.C2H6/c7-3-1-4(8)6(9)5(2-3)10(11)12;1-2/h1-2H;1-2H3. The zero-order valence-electron chi connectivity index (χ0n) is 7.55. The van der Waals surface area contributed by atoms with Crippen LogP contribution < -0.4 is 0 Å². The van der Waals surface area contributed by atoms with Gasteiger partial charge in [0.05, 0.1) is 4.92 Å². The van der Waals surface area contributed by atoms with Crippen LogP contribution in [0.25, 0.3) is 0 Å². The van der Waals surface area contributed by atoms with Gasteiger partial charge in [0.15, 0.2) is 5.82 Å². The second kappa shape index (κ2) is 5.64. The molecule has 0 saturated carbocycles. The molecule has 3 nitrogen and oxygen atoms in total. The highest BCUT2D eigenvalue weighted by Crippen LogP contribution is 2.24. The summed E-state index contributed by atoms with van der Waals surface area (Å²) in [6.45, 7) is 4.00. The smallest absolute Gasteiger partial charge is 0.258 e. The third-order valence-electron chi connectivity index (χ3n) is 1.17. The second-order valence-electron chi connectivity index (χ2n) is 1.98. The maximum Gasteiger partial charge on any atom is 0.308 e. The Kier molecular flexibility index (Phi) is 5.22. The van der Waals surface area contributed by atoms with Crippen LogP contribution in [0.3, 0.4) is 0 Å². The first kappa shape index (κ1) is 13.0. The van der Waals surface area contributed by atoms with Crippen molar-refractivity contribution >= 4 is 21.6 Å². The van der Waals surface area contributed by atoms with Gasteiger partial charge in [0.1, 0.15) is 0 Å². The summed E-state index contributed by atoms with van der Waals surface area (Å²) in [5, 5.41) is 10.1. The lowest BCUT2D eigenvalue weighted by molar-refractivity contribution is -0.387. The first-order chi connectivity index (χ1) is 6.52. The van der Waals surface area contributed by atoms with E-state index in [1.807, 2.05) is 13.8 Å². The van der Waals surface area contributed by atoms with Crippen molar-refractivity contribution in [1.29, 1.82) is 0 Å². The molecule has 78 valence electrons. The fraction of sp³-hybridized carbons (Fsp3) is 0.250. The van der Waals surface area contributed by atoms with E-state index in [4.69, 9.17) is 0 Å². The molecular weight excluding hydrogens is 260 g/mol. The molecular formula is C8H8BrF2NO2. The van der Waals surface area contributed by atoms with Gasteiger partial charge >= 0.3 is 5.69 Å². The highest BCUT2D eigenvalue weighted by molar-refractivity contribution is 9.10. The lowest BCUT2D eigenvalue weighted by Gasteiger charge is -1.95. The van der Waals surface area contributed by atoms with Crippen LogP contribution in [0.4, 0.5) is 14.5 Å². The molecule has 0 radical (unpaired) electrons. The molecule has 0 spiro atoms. The number of hydrogen-bond donors (Lipinski definition) is 0. The highest BCUT2D eigenvalue weighted by atomic mass is 79.9. The van der Waals surface area contributed by atoms with E-state index in [-0.39, 0.29) is 4.47 Å². The van der Waals surface area contributed by atoms with Gasteiger partial charge < -0.3 is 0 Å². The van der Waals surface area contributed by atoms with Crippen molar-refractivity contribution in [1.82, 2.24) is 0 Å². The molecule has 0 N–H and O–H groups in total. The first-order valence-electron chi connectivity index (χ1n) is 3.81. The van der Waals surface area contributed by atoms with Gasteiger partial charge in [-0.15, -0.1) is 0 Å². The normalized spacial score (nSPS) is 8.93. The average Bonchev–Trinajstić information content (AvgIpc) is 2.14. The summed E-state index contributed by atoms with van der Waals surface area (Å²) < 4.78 is 25.2. The van der Waals surface area contributed by atoms with E-state index in [1.54, 1.807) is 0 Å². The zero-order chi connectivity index (χ0) is 11.3. The van der Waals surface area contributed by atoms with Gasteiger partial charge in [-0.2, -0.15) is 4.39 Å². The van der Waals surface area contributed by atoms with Gasteiger partial charge in [-0.3, -0.25) is 10.1 Å². The van der Waals surface area contributed by atoms with Crippen molar-refractivity contribution in [3.63, 3.8) is 0 Å². The van der Waals surface area contributed by atoms with Crippen LogP contribution in [-0.4, -0.2) is 4.92 Å². The molecule has 0 aliphatic carbocycles. The van der Waals surface area contributed by atoms with E-state index < -0.39 is 22.2 Å². The number of nitrogens with zero attached hydrogens (tertiary/aromatic N) is 1. The third kappa shape index (κ3) is 3.02. The van der Waals surface area contributed by atoms with Crippen molar-refractivity contribution in [3.8, 4) is 0 Å². The summed E-state index contributed by atoms with van der Waals surface area (Å²) in [5.74, 6) is -2.68. The predicted molar refractivity (Wildman–Crippen MR) is 52.1 cm³/mol. The zero-order valence-corrected chi connectivity index (χ0v) is 9.14. The molecule has 14 heavy (non-hydrogen) atoms. The Morgan fingerprint density at radius 2 is 1.86 bits per heavy atom. The summed E-state index contributed by atoms with van der Waals surface area (Å²) >= 11 is 2.80. The van der Waals surface area contributed by atoms with E-state index in [0.29, 0.717) is 0 Å². The van der Waals surface area contributed by atoms with Gasteiger partial charge in [-0.05, 0) is 6.07 Å². The molecule has 0 aromatic heterocycles. The van der Waals surface area contributed by atoms with E-state index in [2.05, 4.69) is 15.9 Å². The molecule has 1 aromatic rings. The predicted octanol–water partition coefficient (Wildman–Crippen LogP) is 3.66. The van der Waals surface area contributed by atoms with Gasteiger partial charge in [-0.1, -0.05) is 29.8 Å². The van der Waals surface area contributed by atoms with Gasteiger partial charge in [0.2, 0.25) is 5.82 Å². The SMILES string of the molecule is CC.O=[N+]([O-])c1cc(Br)cc(F)c1F. The number of nitro groups is 1. The molecule has 0 aliphatic rings.